The maximum atomic E-state index is 12.3. The van der Waals surface area contributed by atoms with E-state index in [1.165, 1.54) is 0 Å². The molecule has 0 saturated carbocycles. The molecule has 0 saturated heterocycles. The minimum absolute atomic E-state index is 0.0521. The number of amides is 1. The van der Waals surface area contributed by atoms with Gasteiger partial charge in [-0.3, -0.25) is 9.20 Å². The normalized spacial score (nSPS) is 11.8. The van der Waals surface area contributed by atoms with Gasteiger partial charge in [-0.15, -0.1) is 10.2 Å². The Morgan fingerprint density at radius 2 is 2.00 bits per heavy atom. The lowest BCUT2D eigenvalue weighted by atomic mass is 9.84. The molecule has 0 aliphatic heterocycles. The fourth-order valence-electron chi connectivity index (χ4n) is 2.19. The Hall–Kier alpha value is -1.91. The third-order valence-corrected chi connectivity index (χ3v) is 3.22. The van der Waals surface area contributed by atoms with Gasteiger partial charge in [0.1, 0.15) is 5.82 Å². The Bertz CT molecular complexity index is 598. The van der Waals surface area contributed by atoms with Crippen molar-refractivity contribution in [1.29, 1.82) is 0 Å². The highest BCUT2D eigenvalue weighted by molar-refractivity contribution is 5.88. The third kappa shape index (κ3) is 1.75. The smallest absolute Gasteiger partial charge is 0.232 e. The molecule has 0 aliphatic carbocycles. The van der Waals surface area contributed by atoms with E-state index in [1.807, 2.05) is 43.5 Å². The predicted molar refractivity (Wildman–Crippen MR) is 69.4 cm³/mol. The fraction of sp³-hybridized carbons (Fsp3) is 0.462. The number of aromatic nitrogens is 3. The Morgan fingerprint density at radius 1 is 1.33 bits per heavy atom. The van der Waals surface area contributed by atoms with E-state index in [2.05, 4.69) is 10.2 Å². The Morgan fingerprint density at radius 3 is 2.61 bits per heavy atom. The van der Waals surface area contributed by atoms with Gasteiger partial charge in [0, 0.05) is 25.9 Å². The number of pyridine rings is 1. The van der Waals surface area contributed by atoms with Crippen LogP contribution in [0.4, 0.5) is 0 Å². The number of hydrogen-bond acceptors (Lipinski definition) is 3. The fourth-order valence-corrected chi connectivity index (χ4v) is 2.19. The van der Waals surface area contributed by atoms with Crippen LogP contribution in [0.15, 0.2) is 18.3 Å². The van der Waals surface area contributed by atoms with E-state index < -0.39 is 5.41 Å². The number of aryl methyl sites for hydroxylation is 1. The van der Waals surface area contributed by atoms with Crippen LogP contribution in [0, 0.1) is 6.92 Å². The first-order valence-corrected chi connectivity index (χ1v) is 5.88. The molecule has 0 radical (unpaired) electrons. The molecule has 0 spiro atoms. The summed E-state index contributed by atoms with van der Waals surface area (Å²) >= 11 is 0. The monoisotopic (exact) mass is 246 g/mol. The number of carbonyl (C=O) groups is 1. The van der Waals surface area contributed by atoms with Crippen LogP contribution in [0.3, 0.4) is 0 Å². The molecule has 0 atom stereocenters. The van der Waals surface area contributed by atoms with Gasteiger partial charge in [0.05, 0.1) is 5.41 Å². The van der Waals surface area contributed by atoms with Gasteiger partial charge in [-0.2, -0.15) is 0 Å². The molecule has 0 unspecified atom stereocenters. The molecule has 0 bridgehead atoms. The average Bonchev–Trinajstić information content (AvgIpc) is 2.70. The van der Waals surface area contributed by atoms with Gasteiger partial charge in [-0.1, -0.05) is 6.07 Å². The summed E-state index contributed by atoms with van der Waals surface area (Å²) in [5.41, 5.74) is 1.02. The molecular formula is C13H18N4O. The van der Waals surface area contributed by atoms with E-state index in [1.54, 1.807) is 19.0 Å². The van der Waals surface area contributed by atoms with Crippen LogP contribution >= 0.6 is 0 Å². The van der Waals surface area contributed by atoms with Gasteiger partial charge in [-0.05, 0) is 26.8 Å². The van der Waals surface area contributed by atoms with Crippen LogP contribution < -0.4 is 0 Å². The summed E-state index contributed by atoms with van der Waals surface area (Å²) in [7, 11) is 3.53. The zero-order valence-electron chi connectivity index (χ0n) is 11.4. The molecule has 0 N–H and O–H groups in total. The molecule has 2 heterocycles. The van der Waals surface area contributed by atoms with Crippen molar-refractivity contribution in [2.24, 2.45) is 0 Å². The molecule has 96 valence electrons. The standard InChI is InChI=1S/C13H18N4O/c1-9-14-15-11-10(7-6-8-17(9)11)13(2,3)12(18)16(4)5/h6-8H,1-5H3. The molecule has 0 aromatic carbocycles. The summed E-state index contributed by atoms with van der Waals surface area (Å²) in [6.07, 6.45) is 1.91. The van der Waals surface area contributed by atoms with E-state index in [4.69, 9.17) is 0 Å². The molecule has 0 aliphatic rings. The number of likely N-dealkylation sites (N-methyl/N-ethyl adjacent to an activating group) is 1. The van der Waals surface area contributed by atoms with Gasteiger partial charge in [0.15, 0.2) is 5.65 Å². The second-order valence-electron chi connectivity index (χ2n) is 5.19. The number of fused-ring (bicyclic) bond motifs is 1. The lowest BCUT2D eigenvalue weighted by Gasteiger charge is -2.27. The van der Waals surface area contributed by atoms with Gasteiger partial charge < -0.3 is 4.90 Å². The second kappa shape index (κ2) is 4.08. The van der Waals surface area contributed by atoms with Crippen molar-refractivity contribution in [3.8, 4) is 0 Å². The molecule has 18 heavy (non-hydrogen) atoms. The van der Waals surface area contributed by atoms with Crippen molar-refractivity contribution in [3.63, 3.8) is 0 Å². The first-order valence-electron chi connectivity index (χ1n) is 5.88. The van der Waals surface area contributed by atoms with E-state index in [0.717, 1.165) is 17.0 Å². The topological polar surface area (TPSA) is 50.5 Å². The van der Waals surface area contributed by atoms with Gasteiger partial charge in [0.2, 0.25) is 5.91 Å². The molecule has 2 rings (SSSR count). The van der Waals surface area contributed by atoms with Crippen molar-refractivity contribution in [3.05, 3.63) is 29.7 Å². The highest BCUT2D eigenvalue weighted by Crippen LogP contribution is 2.28. The molecule has 1 amide bonds. The Kier molecular flexibility index (Phi) is 2.84. The minimum atomic E-state index is -0.620. The molecular weight excluding hydrogens is 228 g/mol. The van der Waals surface area contributed by atoms with Crippen LogP contribution in [-0.4, -0.2) is 39.5 Å². The number of carbonyl (C=O) groups excluding carboxylic acids is 1. The lowest BCUT2D eigenvalue weighted by Crippen LogP contribution is -2.39. The van der Waals surface area contributed by atoms with Crippen LogP contribution in [0.2, 0.25) is 0 Å². The van der Waals surface area contributed by atoms with Gasteiger partial charge in [0.25, 0.3) is 0 Å². The highest BCUT2D eigenvalue weighted by Gasteiger charge is 2.33. The minimum Gasteiger partial charge on any atom is -0.348 e. The summed E-state index contributed by atoms with van der Waals surface area (Å²) in [6, 6.07) is 3.86. The number of rotatable bonds is 2. The summed E-state index contributed by atoms with van der Waals surface area (Å²) in [6.45, 7) is 5.72. The Balaban J connectivity index is 2.64. The van der Waals surface area contributed by atoms with E-state index in [-0.39, 0.29) is 5.91 Å². The highest BCUT2D eigenvalue weighted by atomic mass is 16.2. The van der Waals surface area contributed by atoms with Crippen molar-refractivity contribution < 1.29 is 4.79 Å². The summed E-state index contributed by atoms with van der Waals surface area (Å²) < 4.78 is 1.90. The zero-order valence-corrected chi connectivity index (χ0v) is 11.4. The maximum Gasteiger partial charge on any atom is 0.232 e. The summed E-state index contributed by atoms with van der Waals surface area (Å²) in [5.74, 6) is 0.871. The second-order valence-corrected chi connectivity index (χ2v) is 5.19. The van der Waals surface area contributed by atoms with E-state index >= 15 is 0 Å². The molecule has 5 nitrogen and oxygen atoms in total. The largest absolute Gasteiger partial charge is 0.348 e. The molecule has 5 heteroatoms. The van der Waals surface area contributed by atoms with Crippen molar-refractivity contribution in [2.75, 3.05) is 14.1 Å². The van der Waals surface area contributed by atoms with Crippen LogP contribution in [-0.2, 0) is 10.2 Å². The van der Waals surface area contributed by atoms with Crippen molar-refractivity contribution >= 4 is 11.6 Å². The van der Waals surface area contributed by atoms with Crippen LogP contribution in [0.5, 0.6) is 0 Å². The van der Waals surface area contributed by atoms with Crippen molar-refractivity contribution in [2.45, 2.75) is 26.2 Å². The molecule has 2 aromatic rings. The maximum absolute atomic E-state index is 12.3. The van der Waals surface area contributed by atoms with E-state index in [0.29, 0.717) is 0 Å². The first kappa shape index (κ1) is 12.5. The lowest BCUT2D eigenvalue weighted by molar-refractivity contribution is -0.133. The zero-order chi connectivity index (χ0) is 13.5. The predicted octanol–water partition coefficient (Wildman–Crippen LogP) is 1.40. The molecule has 0 fully saturated rings. The number of nitrogens with zero attached hydrogens (tertiary/aromatic N) is 4. The van der Waals surface area contributed by atoms with Gasteiger partial charge in [-0.25, -0.2) is 0 Å². The summed E-state index contributed by atoms with van der Waals surface area (Å²) in [4.78, 5) is 13.9. The van der Waals surface area contributed by atoms with Crippen molar-refractivity contribution in [1.82, 2.24) is 19.5 Å². The number of hydrogen-bond donors (Lipinski definition) is 0. The van der Waals surface area contributed by atoms with E-state index in [9.17, 15) is 4.79 Å². The summed E-state index contributed by atoms with van der Waals surface area (Å²) in [5, 5.41) is 8.23. The van der Waals surface area contributed by atoms with Gasteiger partial charge >= 0.3 is 0 Å². The quantitative estimate of drug-likeness (QED) is 0.805. The third-order valence-electron chi connectivity index (χ3n) is 3.22. The average molecular weight is 246 g/mol. The van der Waals surface area contributed by atoms with Crippen LogP contribution in [0.25, 0.3) is 5.65 Å². The van der Waals surface area contributed by atoms with Crippen LogP contribution in [0.1, 0.15) is 25.2 Å². The molecule has 2 aromatic heterocycles. The Labute approximate surface area is 106 Å². The SMILES string of the molecule is Cc1nnc2c(C(C)(C)C(=O)N(C)C)cccn12. The first-order chi connectivity index (χ1) is 8.35.